The fourth-order valence-electron chi connectivity index (χ4n) is 2.23. The molecule has 22 heavy (non-hydrogen) atoms. The zero-order chi connectivity index (χ0) is 16.2. The van der Waals surface area contributed by atoms with Gasteiger partial charge in [-0.05, 0) is 30.5 Å². The van der Waals surface area contributed by atoms with E-state index < -0.39 is 10.0 Å². The Bertz CT molecular complexity index is 721. The Morgan fingerprint density at radius 2 is 1.64 bits per heavy atom. The molecular weight excluding hydrogens is 294 g/mol. The Labute approximate surface area is 132 Å². The van der Waals surface area contributed by atoms with Crippen molar-refractivity contribution in [1.29, 1.82) is 0 Å². The SMILES string of the molecule is C=C[C@@H](C)[C@H](NS(=O)(=O)c1ccc(C)cc1)c1ccccc1. The Balaban J connectivity index is 2.34. The van der Waals surface area contributed by atoms with E-state index in [2.05, 4.69) is 11.3 Å². The normalized spacial score (nSPS) is 14.3. The van der Waals surface area contributed by atoms with Crippen molar-refractivity contribution < 1.29 is 8.42 Å². The largest absolute Gasteiger partial charge is 0.241 e. The maximum atomic E-state index is 12.6. The van der Waals surface area contributed by atoms with Gasteiger partial charge in [-0.3, -0.25) is 0 Å². The molecule has 2 rings (SSSR count). The van der Waals surface area contributed by atoms with Crippen molar-refractivity contribution in [3.63, 3.8) is 0 Å². The van der Waals surface area contributed by atoms with E-state index in [-0.39, 0.29) is 16.9 Å². The molecule has 4 heteroatoms. The van der Waals surface area contributed by atoms with Crippen LogP contribution in [0, 0.1) is 12.8 Å². The fourth-order valence-corrected chi connectivity index (χ4v) is 3.54. The van der Waals surface area contributed by atoms with E-state index in [9.17, 15) is 8.42 Å². The first-order valence-electron chi connectivity index (χ1n) is 7.20. The first kappa shape index (κ1) is 16.5. The smallest absolute Gasteiger partial charge is 0.207 e. The lowest BCUT2D eigenvalue weighted by atomic mass is 9.96. The number of rotatable bonds is 6. The molecule has 2 aromatic rings. The minimum atomic E-state index is -3.58. The Kier molecular flexibility index (Phi) is 5.16. The van der Waals surface area contributed by atoms with Crippen LogP contribution in [0.3, 0.4) is 0 Å². The van der Waals surface area contributed by atoms with E-state index in [1.807, 2.05) is 44.2 Å². The summed E-state index contributed by atoms with van der Waals surface area (Å²) < 4.78 is 28.0. The lowest BCUT2D eigenvalue weighted by Crippen LogP contribution is -2.32. The average molecular weight is 315 g/mol. The van der Waals surface area contributed by atoms with Crippen LogP contribution in [0.5, 0.6) is 0 Å². The fraction of sp³-hybridized carbons (Fsp3) is 0.222. The Morgan fingerprint density at radius 1 is 1.05 bits per heavy atom. The summed E-state index contributed by atoms with van der Waals surface area (Å²) >= 11 is 0. The van der Waals surface area contributed by atoms with Crippen molar-refractivity contribution >= 4 is 10.0 Å². The molecule has 0 heterocycles. The highest BCUT2D eigenvalue weighted by molar-refractivity contribution is 7.89. The van der Waals surface area contributed by atoms with Gasteiger partial charge in [0, 0.05) is 0 Å². The van der Waals surface area contributed by atoms with Gasteiger partial charge in [0.25, 0.3) is 0 Å². The van der Waals surface area contributed by atoms with Crippen LogP contribution in [0.25, 0.3) is 0 Å². The minimum absolute atomic E-state index is 0.0253. The maximum absolute atomic E-state index is 12.6. The van der Waals surface area contributed by atoms with Crippen LogP contribution in [0.4, 0.5) is 0 Å². The van der Waals surface area contributed by atoms with Crippen molar-refractivity contribution in [2.45, 2.75) is 24.8 Å². The molecule has 3 nitrogen and oxygen atoms in total. The number of aryl methyl sites for hydroxylation is 1. The van der Waals surface area contributed by atoms with Gasteiger partial charge in [0.05, 0.1) is 10.9 Å². The van der Waals surface area contributed by atoms with Crippen LogP contribution < -0.4 is 4.72 Å². The third-order valence-corrected chi connectivity index (χ3v) is 5.13. The minimum Gasteiger partial charge on any atom is -0.207 e. The van der Waals surface area contributed by atoms with E-state index in [4.69, 9.17) is 0 Å². The highest BCUT2D eigenvalue weighted by atomic mass is 32.2. The molecule has 2 aromatic carbocycles. The van der Waals surface area contributed by atoms with Gasteiger partial charge in [-0.25, -0.2) is 13.1 Å². The van der Waals surface area contributed by atoms with Crippen LogP contribution in [0.2, 0.25) is 0 Å². The quantitative estimate of drug-likeness (QED) is 0.823. The molecule has 0 bridgehead atoms. The third-order valence-electron chi connectivity index (χ3n) is 3.67. The van der Waals surface area contributed by atoms with Crippen molar-refractivity contribution in [3.05, 3.63) is 78.4 Å². The van der Waals surface area contributed by atoms with E-state index in [1.54, 1.807) is 30.3 Å². The first-order chi connectivity index (χ1) is 10.4. The summed E-state index contributed by atoms with van der Waals surface area (Å²) in [7, 11) is -3.58. The molecule has 0 fully saturated rings. The van der Waals surface area contributed by atoms with Gasteiger partial charge < -0.3 is 0 Å². The molecule has 0 aliphatic heterocycles. The summed E-state index contributed by atoms with van der Waals surface area (Å²) in [5, 5.41) is 0. The average Bonchev–Trinajstić information content (AvgIpc) is 2.53. The summed E-state index contributed by atoms with van der Waals surface area (Å²) in [6, 6.07) is 16.0. The number of benzene rings is 2. The molecule has 116 valence electrons. The van der Waals surface area contributed by atoms with E-state index >= 15 is 0 Å². The zero-order valence-electron chi connectivity index (χ0n) is 12.9. The maximum Gasteiger partial charge on any atom is 0.241 e. The molecule has 0 unspecified atom stereocenters. The second kappa shape index (κ2) is 6.90. The number of sulfonamides is 1. The standard InChI is InChI=1S/C18H21NO2S/c1-4-15(3)18(16-8-6-5-7-9-16)19-22(20,21)17-12-10-14(2)11-13-17/h4-13,15,18-19H,1H2,2-3H3/t15-,18+/m1/s1. The molecule has 0 aliphatic rings. The Hall–Kier alpha value is -1.91. The van der Waals surface area contributed by atoms with Gasteiger partial charge in [-0.1, -0.05) is 61.0 Å². The van der Waals surface area contributed by atoms with Gasteiger partial charge in [0.2, 0.25) is 10.0 Å². The van der Waals surface area contributed by atoms with Gasteiger partial charge >= 0.3 is 0 Å². The van der Waals surface area contributed by atoms with E-state index in [0.29, 0.717) is 0 Å². The lowest BCUT2D eigenvalue weighted by Gasteiger charge is -2.23. The van der Waals surface area contributed by atoms with Crippen molar-refractivity contribution in [1.82, 2.24) is 4.72 Å². The van der Waals surface area contributed by atoms with Gasteiger partial charge in [-0.2, -0.15) is 0 Å². The van der Waals surface area contributed by atoms with E-state index in [0.717, 1.165) is 11.1 Å². The first-order valence-corrected chi connectivity index (χ1v) is 8.69. The van der Waals surface area contributed by atoms with Gasteiger partial charge in [0.1, 0.15) is 0 Å². The van der Waals surface area contributed by atoms with Crippen LogP contribution in [-0.4, -0.2) is 8.42 Å². The number of nitrogens with one attached hydrogen (secondary N) is 1. The van der Waals surface area contributed by atoms with Crippen LogP contribution in [-0.2, 0) is 10.0 Å². The van der Waals surface area contributed by atoms with Crippen molar-refractivity contribution in [2.75, 3.05) is 0 Å². The second-order valence-electron chi connectivity index (χ2n) is 5.42. The van der Waals surface area contributed by atoms with Crippen LogP contribution >= 0.6 is 0 Å². The second-order valence-corrected chi connectivity index (χ2v) is 7.13. The summed E-state index contributed by atoms with van der Waals surface area (Å²) in [6.07, 6.45) is 1.76. The summed E-state index contributed by atoms with van der Waals surface area (Å²) in [5.74, 6) is -0.0253. The summed E-state index contributed by atoms with van der Waals surface area (Å²) in [5.41, 5.74) is 1.95. The van der Waals surface area contributed by atoms with Crippen molar-refractivity contribution in [3.8, 4) is 0 Å². The molecule has 0 saturated carbocycles. The van der Waals surface area contributed by atoms with Gasteiger partial charge in [0.15, 0.2) is 0 Å². The van der Waals surface area contributed by atoms with Crippen LogP contribution in [0.15, 0.2) is 72.1 Å². The van der Waals surface area contributed by atoms with E-state index in [1.165, 1.54) is 0 Å². The predicted molar refractivity (Wildman–Crippen MR) is 90.0 cm³/mol. The molecule has 0 amide bonds. The molecule has 2 atom stereocenters. The predicted octanol–water partition coefficient (Wildman–Crippen LogP) is 3.84. The van der Waals surface area contributed by atoms with Crippen molar-refractivity contribution in [2.24, 2.45) is 5.92 Å². The summed E-state index contributed by atoms with van der Waals surface area (Å²) in [4.78, 5) is 0.273. The van der Waals surface area contributed by atoms with Gasteiger partial charge in [-0.15, -0.1) is 6.58 Å². The van der Waals surface area contributed by atoms with Crippen LogP contribution in [0.1, 0.15) is 24.1 Å². The third kappa shape index (κ3) is 3.84. The molecule has 0 aliphatic carbocycles. The zero-order valence-corrected chi connectivity index (χ0v) is 13.7. The number of hydrogen-bond donors (Lipinski definition) is 1. The monoisotopic (exact) mass is 315 g/mol. The Morgan fingerprint density at radius 3 is 2.18 bits per heavy atom. The topological polar surface area (TPSA) is 46.2 Å². The summed E-state index contributed by atoms with van der Waals surface area (Å²) in [6.45, 7) is 7.66. The lowest BCUT2D eigenvalue weighted by molar-refractivity contribution is 0.498. The highest BCUT2D eigenvalue weighted by Gasteiger charge is 2.24. The highest BCUT2D eigenvalue weighted by Crippen LogP contribution is 2.25. The molecule has 0 radical (unpaired) electrons. The molecule has 0 saturated heterocycles. The molecule has 1 N–H and O–H groups in total. The number of hydrogen-bond acceptors (Lipinski definition) is 2. The molecular formula is C18H21NO2S. The molecule has 0 aromatic heterocycles. The molecule has 0 spiro atoms.